The molecule has 0 aliphatic rings. The smallest absolute Gasteiger partial charge is 0.304 e. The van der Waals surface area contributed by atoms with Gasteiger partial charge in [0, 0.05) is 18.8 Å². The number of nitro benzene ring substituents is 1. The maximum absolute atomic E-state index is 13.5. The molecule has 2 aromatic rings. The molecule has 1 heterocycles. The third-order valence-electron chi connectivity index (χ3n) is 2.81. The molecule has 0 saturated carbocycles. The van der Waals surface area contributed by atoms with Crippen LogP contribution in [0.25, 0.3) is 0 Å². The van der Waals surface area contributed by atoms with Gasteiger partial charge >= 0.3 is 5.69 Å². The van der Waals surface area contributed by atoms with Gasteiger partial charge in [0.1, 0.15) is 5.82 Å². The zero-order valence-electron chi connectivity index (χ0n) is 10.9. The highest BCUT2D eigenvalue weighted by Gasteiger charge is 2.16. The highest BCUT2D eigenvalue weighted by Crippen LogP contribution is 2.19. The molecule has 112 valence electrons. The van der Waals surface area contributed by atoms with E-state index in [2.05, 4.69) is 4.98 Å². The monoisotopic (exact) mass is 314 g/mol. The SMILES string of the molecule is Cc1nc(S(N)(=O)=O)cn1Cc1ccc([N+](=O)[O-])c(F)c1. The Morgan fingerprint density at radius 1 is 1.48 bits per heavy atom. The van der Waals surface area contributed by atoms with E-state index in [4.69, 9.17) is 5.14 Å². The van der Waals surface area contributed by atoms with E-state index >= 15 is 0 Å². The van der Waals surface area contributed by atoms with Gasteiger partial charge in [-0.15, -0.1) is 0 Å². The van der Waals surface area contributed by atoms with Gasteiger partial charge in [-0.1, -0.05) is 6.07 Å². The predicted molar refractivity (Wildman–Crippen MR) is 70.5 cm³/mol. The van der Waals surface area contributed by atoms with Crippen molar-refractivity contribution in [3.8, 4) is 0 Å². The number of hydrogen-bond donors (Lipinski definition) is 1. The average molecular weight is 314 g/mol. The van der Waals surface area contributed by atoms with Gasteiger partial charge in [0.15, 0.2) is 5.03 Å². The number of primary sulfonamides is 1. The van der Waals surface area contributed by atoms with Crippen LogP contribution in [0.5, 0.6) is 0 Å². The summed E-state index contributed by atoms with van der Waals surface area (Å²) in [5.41, 5.74) is -0.189. The van der Waals surface area contributed by atoms with Crippen LogP contribution in [0, 0.1) is 22.9 Å². The van der Waals surface area contributed by atoms with E-state index in [1.807, 2.05) is 0 Å². The van der Waals surface area contributed by atoms with Crippen molar-refractivity contribution < 1.29 is 17.7 Å². The maximum atomic E-state index is 13.5. The molecule has 1 aromatic carbocycles. The Balaban J connectivity index is 2.33. The summed E-state index contributed by atoms with van der Waals surface area (Å²) in [5.74, 6) is -0.584. The molecule has 0 aliphatic heterocycles. The molecule has 0 fully saturated rings. The number of halogens is 1. The van der Waals surface area contributed by atoms with Gasteiger partial charge in [0.25, 0.3) is 10.0 Å². The van der Waals surface area contributed by atoms with Crippen LogP contribution in [0.1, 0.15) is 11.4 Å². The summed E-state index contributed by atoms with van der Waals surface area (Å²) in [4.78, 5) is 13.5. The van der Waals surface area contributed by atoms with Crippen LogP contribution in [-0.2, 0) is 16.6 Å². The summed E-state index contributed by atoms with van der Waals surface area (Å²) in [6.07, 6.45) is 1.23. The van der Waals surface area contributed by atoms with E-state index in [0.29, 0.717) is 11.4 Å². The minimum atomic E-state index is -3.92. The van der Waals surface area contributed by atoms with Crippen LogP contribution in [0.3, 0.4) is 0 Å². The molecule has 0 amide bonds. The number of benzene rings is 1. The standard InChI is InChI=1S/C11H11FN4O4S/c1-7-14-11(21(13,19)20)6-15(7)5-8-2-3-10(16(17)18)9(12)4-8/h2-4,6H,5H2,1H3,(H2,13,19,20). The second-order valence-corrected chi connectivity index (χ2v) is 5.85. The van der Waals surface area contributed by atoms with Crippen molar-refractivity contribution in [1.29, 1.82) is 0 Å². The second-order valence-electron chi connectivity index (χ2n) is 4.34. The van der Waals surface area contributed by atoms with E-state index in [1.54, 1.807) is 6.92 Å². The first-order valence-electron chi connectivity index (χ1n) is 5.68. The second kappa shape index (κ2) is 5.22. The highest BCUT2D eigenvalue weighted by atomic mass is 32.2. The zero-order valence-corrected chi connectivity index (χ0v) is 11.7. The lowest BCUT2D eigenvalue weighted by Crippen LogP contribution is -2.12. The molecule has 1 aromatic heterocycles. The number of aromatic nitrogens is 2. The lowest BCUT2D eigenvalue weighted by atomic mass is 10.2. The first-order chi connectivity index (χ1) is 9.68. The predicted octanol–water partition coefficient (Wildman–Crippen LogP) is 0.935. The zero-order chi connectivity index (χ0) is 15.8. The summed E-state index contributed by atoms with van der Waals surface area (Å²) in [6.45, 7) is 1.68. The number of sulfonamides is 1. The number of rotatable bonds is 4. The maximum Gasteiger partial charge on any atom is 0.304 e. The van der Waals surface area contributed by atoms with E-state index in [9.17, 15) is 22.9 Å². The lowest BCUT2D eigenvalue weighted by Gasteiger charge is -2.05. The molecular weight excluding hydrogens is 303 g/mol. The summed E-state index contributed by atoms with van der Waals surface area (Å²) < 4.78 is 37.4. The Kier molecular flexibility index (Phi) is 3.75. The van der Waals surface area contributed by atoms with Crippen molar-refractivity contribution in [2.75, 3.05) is 0 Å². The Bertz CT molecular complexity index is 816. The minimum Gasteiger partial charge on any atom is -0.329 e. The molecule has 2 rings (SSSR count). The van der Waals surface area contributed by atoms with Gasteiger partial charge in [-0.05, 0) is 18.6 Å². The quantitative estimate of drug-likeness (QED) is 0.664. The summed E-state index contributed by atoms with van der Waals surface area (Å²) >= 11 is 0. The largest absolute Gasteiger partial charge is 0.329 e. The normalized spacial score (nSPS) is 11.6. The Labute approximate surface area is 119 Å². The van der Waals surface area contributed by atoms with E-state index < -0.39 is 26.5 Å². The summed E-state index contributed by atoms with van der Waals surface area (Å²) in [5, 5.41) is 15.2. The number of nitrogens with zero attached hydrogens (tertiary/aromatic N) is 3. The Morgan fingerprint density at radius 2 is 2.14 bits per heavy atom. The molecule has 8 nitrogen and oxygen atoms in total. The van der Waals surface area contributed by atoms with Crippen LogP contribution >= 0.6 is 0 Å². The lowest BCUT2D eigenvalue weighted by molar-refractivity contribution is -0.387. The van der Waals surface area contributed by atoms with Gasteiger partial charge in [-0.3, -0.25) is 10.1 Å². The van der Waals surface area contributed by atoms with Crippen molar-refractivity contribution in [1.82, 2.24) is 9.55 Å². The van der Waals surface area contributed by atoms with E-state index in [-0.39, 0.29) is 11.6 Å². The average Bonchev–Trinajstić information content (AvgIpc) is 2.70. The number of imidazole rings is 1. The fourth-order valence-corrected chi connectivity index (χ4v) is 2.30. The van der Waals surface area contributed by atoms with Crippen LogP contribution in [0.4, 0.5) is 10.1 Å². The number of nitrogens with two attached hydrogens (primary N) is 1. The Hall–Kier alpha value is -2.33. The van der Waals surface area contributed by atoms with Gasteiger partial charge in [-0.2, -0.15) is 4.39 Å². The van der Waals surface area contributed by atoms with Gasteiger partial charge in [-0.25, -0.2) is 18.5 Å². The van der Waals surface area contributed by atoms with E-state index in [1.165, 1.54) is 16.8 Å². The van der Waals surface area contributed by atoms with Crippen molar-refractivity contribution in [2.24, 2.45) is 5.14 Å². The molecule has 2 N–H and O–H groups in total. The van der Waals surface area contributed by atoms with Crippen LogP contribution in [0.2, 0.25) is 0 Å². The van der Waals surface area contributed by atoms with Crippen molar-refractivity contribution >= 4 is 15.7 Å². The molecule has 21 heavy (non-hydrogen) atoms. The van der Waals surface area contributed by atoms with Gasteiger partial charge in [0.05, 0.1) is 4.92 Å². The fourth-order valence-electron chi connectivity index (χ4n) is 1.77. The molecule has 10 heteroatoms. The molecule has 0 radical (unpaired) electrons. The number of aryl methyl sites for hydroxylation is 1. The third kappa shape index (κ3) is 3.23. The third-order valence-corrected chi connectivity index (χ3v) is 3.59. The summed E-state index contributed by atoms with van der Waals surface area (Å²) in [6, 6.07) is 3.46. The number of nitro groups is 1. The minimum absolute atomic E-state index is 0.114. The molecular formula is C11H11FN4O4S. The topological polar surface area (TPSA) is 121 Å². The van der Waals surface area contributed by atoms with Crippen LogP contribution in [-0.4, -0.2) is 22.9 Å². The molecule has 0 aliphatic carbocycles. The molecule has 0 unspecified atom stereocenters. The van der Waals surface area contributed by atoms with Crippen LogP contribution in [0.15, 0.2) is 29.4 Å². The molecule has 0 spiro atoms. The Morgan fingerprint density at radius 3 is 2.62 bits per heavy atom. The first-order valence-corrected chi connectivity index (χ1v) is 7.22. The summed E-state index contributed by atoms with van der Waals surface area (Å²) in [7, 11) is -3.92. The van der Waals surface area contributed by atoms with Gasteiger partial charge in [0.2, 0.25) is 5.82 Å². The molecule has 0 atom stereocenters. The molecule has 0 bridgehead atoms. The highest BCUT2D eigenvalue weighted by molar-refractivity contribution is 7.89. The van der Waals surface area contributed by atoms with Crippen molar-refractivity contribution in [2.45, 2.75) is 18.5 Å². The fraction of sp³-hybridized carbons (Fsp3) is 0.182. The van der Waals surface area contributed by atoms with Gasteiger partial charge < -0.3 is 4.57 Å². The van der Waals surface area contributed by atoms with E-state index in [0.717, 1.165) is 12.1 Å². The van der Waals surface area contributed by atoms with Crippen molar-refractivity contribution in [3.05, 3.63) is 51.7 Å². The first kappa shape index (κ1) is 15.1. The molecule has 0 saturated heterocycles. The van der Waals surface area contributed by atoms with Crippen LogP contribution < -0.4 is 5.14 Å². The number of hydrogen-bond acceptors (Lipinski definition) is 5. The van der Waals surface area contributed by atoms with Crippen molar-refractivity contribution in [3.63, 3.8) is 0 Å².